The molecule has 0 spiro atoms. The minimum absolute atomic E-state index is 0.156. The summed E-state index contributed by atoms with van der Waals surface area (Å²) < 4.78 is 5.49. The Labute approximate surface area is 138 Å². The molecule has 2 rings (SSSR count). The summed E-state index contributed by atoms with van der Waals surface area (Å²) in [6.45, 7) is 2.18. The Morgan fingerprint density at radius 2 is 1.70 bits per heavy atom. The Morgan fingerprint density at radius 1 is 0.957 bits per heavy atom. The molecule has 0 saturated heterocycles. The molecule has 3 nitrogen and oxygen atoms in total. The topological polar surface area (TPSA) is 49.7 Å². The van der Waals surface area contributed by atoms with Gasteiger partial charge < -0.3 is 14.9 Å². The molecular formula is C20H26O3. The van der Waals surface area contributed by atoms with Gasteiger partial charge >= 0.3 is 0 Å². The van der Waals surface area contributed by atoms with Crippen molar-refractivity contribution < 1.29 is 14.9 Å². The van der Waals surface area contributed by atoms with Crippen LogP contribution < -0.4 is 4.74 Å². The van der Waals surface area contributed by atoms with E-state index in [0.29, 0.717) is 12.2 Å². The van der Waals surface area contributed by atoms with Gasteiger partial charge in [0, 0.05) is 18.1 Å². The van der Waals surface area contributed by atoms with Gasteiger partial charge in [-0.3, -0.25) is 0 Å². The third kappa shape index (κ3) is 5.61. The second kappa shape index (κ2) is 9.21. The van der Waals surface area contributed by atoms with Crippen molar-refractivity contribution in [3.8, 4) is 22.6 Å². The van der Waals surface area contributed by atoms with Gasteiger partial charge in [0.1, 0.15) is 11.5 Å². The maximum atomic E-state index is 10.2. The highest BCUT2D eigenvalue weighted by atomic mass is 16.6. The summed E-state index contributed by atoms with van der Waals surface area (Å²) in [5.74, 6) is 0.645. The molecule has 0 aromatic heterocycles. The van der Waals surface area contributed by atoms with Crippen LogP contribution >= 0.6 is 0 Å². The van der Waals surface area contributed by atoms with E-state index in [9.17, 15) is 10.2 Å². The van der Waals surface area contributed by atoms with Crippen molar-refractivity contribution in [1.82, 2.24) is 0 Å². The van der Waals surface area contributed by atoms with Gasteiger partial charge in [-0.15, -0.1) is 0 Å². The Bertz CT molecular complexity index is 581. The van der Waals surface area contributed by atoms with Crippen molar-refractivity contribution in [2.45, 2.75) is 51.7 Å². The van der Waals surface area contributed by atoms with E-state index in [1.807, 2.05) is 36.4 Å². The third-order valence-electron chi connectivity index (χ3n) is 3.88. The summed E-state index contributed by atoms with van der Waals surface area (Å²) in [5.41, 5.74) is 1.71. The average Bonchev–Trinajstić information content (AvgIpc) is 2.55. The average molecular weight is 314 g/mol. The Morgan fingerprint density at radius 3 is 2.39 bits per heavy atom. The number of aromatic hydroxyl groups is 1. The van der Waals surface area contributed by atoms with Crippen LogP contribution in [0.1, 0.15) is 45.4 Å². The van der Waals surface area contributed by atoms with Gasteiger partial charge in [-0.2, -0.15) is 0 Å². The van der Waals surface area contributed by atoms with Gasteiger partial charge in [-0.25, -0.2) is 0 Å². The van der Waals surface area contributed by atoms with Crippen LogP contribution in [0.15, 0.2) is 48.5 Å². The largest absolute Gasteiger partial charge is 0.507 e. The number of unbranched alkanes of at least 4 members (excludes halogenated alkanes) is 4. The van der Waals surface area contributed by atoms with Crippen LogP contribution in [0.4, 0.5) is 0 Å². The molecule has 1 unspecified atom stereocenters. The van der Waals surface area contributed by atoms with Crippen LogP contribution in [0, 0.1) is 0 Å². The van der Waals surface area contributed by atoms with Crippen LogP contribution in [0.3, 0.4) is 0 Å². The molecule has 0 saturated carbocycles. The van der Waals surface area contributed by atoms with Crippen LogP contribution in [-0.2, 0) is 0 Å². The maximum absolute atomic E-state index is 10.2. The molecule has 0 aliphatic carbocycles. The van der Waals surface area contributed by atoms with Crippen molar-refractivity contribution >= 4 is 0 Å². The van der Waals surface area contributed by atoms with Crippen molar-refractivity contribution in [1.29, 1.82) is 0 Å². The summed E-state index contributed by atoms with van der Waals surface area (Å²) in [5, 5.41) is 20.1. The van der Waals surface area contributed by atoms with Gasteiger partial charge in [0.05, 0.1) is 0 Å². The van der Waals surface area contributed by atoms with E-state index in [4.69, 9.17) is 4.74 Å². The Balaban J connectivity index is 1.88. The van der Waals surface area contributed by atoms with Crippen LogP contribution in [0.2, 0.25) is 0 Å². The Hall–Kier alpha value is -2.00. The van der Waals surface area contributed by atoms with E-state index in [1.165, 1.54) is 19.3 Å². The van der Waals surface area contributed by atoms with Gasteiger partial charge in [0.25, 0.3) is 0 Å². The molecule has 2 aromatic rings. The standard InChI is InChI=1S/C20H26O3/c1-2-3-4-5-9-12-20(22)23-17-13-14-18(19(21)15-17)16-10-7-6-8-11-16/h6-8,10-11,13-15,20-22H,2-5,9,12H2,1H3. The number of phenols is 1. The van der Waals surface area contributed by atoms with Gasteiger partial charge in [-0.1, -0.05) is 62.9 Å². The van der Waals surface area contributed by atoms with Crippen molar-refractivity contribution in [3.05, 3.63) is 48.5 Å². The molecule has 2 aromatic carbocycles. The first-order chi connectivity index (χ1) is 11.2. The van der Waals surface area contributed by atoms with E-state index in [-0.39, 0.29) is 5.75 Å². The fraction of sp³-hybridized carbons (Fsp3) is 0.400. The van der Waals surface area contributed by atoms with E-state index in [2.05, 4.69) is 6.92 Å². The predicted octanol–water partition coefficient (Wildman–Crippen LogP) is 5.12. The molecule has 0 heterocycles. The molecule has 0 amide bonds. The van der Waals surface area contributed by atoms with Gasteiger partial charge in [0.2, 0.25) is 0 Å². The SMILES string of the molecule is CCCCCCCC(O)Oc1ccc(-c2ccccc2)c(O)c1. The fourth-order valence-corrected chi connectivity index (χ4v) is 2.59. The first kappa shape index (κ1) is 17.4. The second-order valence-electron chi connectivity index (χ2n) is 5.82. The molecule has 1 atom stereocenters. The summed E-state index contributed by atoms with van der Waals surface area (Å²) in [4.78, 5) is 0. The normalized spacial score (nSPS) is 12.1. The minimum Gasteiger partial charge on any atom is -0.507 e. The quantitative estimate of drug-likeness (QED) is 0.499. The molecule has 0 bridgehead atoms. The Kier molecular flexibility index (Phi) is 6.95. The molecule has 0 radical (unpaired) electrons. The summed E-state index contributed by atoms with van der Waals surface area (Å²) >= 11 is 0. The molecule has 23 heavy (non-hydrogen) atoms. The summed E-state index contributed by atoms with van der Waals surface area (Å²) in [6.07, 6.45) is 5.53. The fourth-order valence-electron chi connectivity index (χ4n) is 2.59. The number of ether oxygens (including phenoxy) is 1. The second-order valence-corrected chi connectivity index (χ2v) is 5.82. The zero-order valence-corrected chi connectivity index (χ0v) is 13.7. The zero-order valence-electron chi connectivity index (χ0n) is 13.7. The van der Waals surface area contributed by atoms with Crippen LogP contribution in [0.25, 0.3) is 11.1 Å². The molecule has 3 heteroatoms. The number of phenolic OH excluding ortho intramolecular Hbond substituents is 1. The number of hydrogen-bond acceptors (Lipinski definition) is 3. The molecule has 124 valence electrons. The summed E-state index contributed by atoms with van der Waals surface area (Å²) in [7, 11) is 0. The van der Waals surface area contributed by atoms with E-state index < -0.39 is 6.29 Å². The number of hydrogen-bond donors (Lipinski definition) is 2. The molecule has 0 aliphatic rings. The number of rotatable bonds is 9. The highest BCUT2D eigenvalue weighted by Crippen LogP contribution is 2.32. The lowest BCUT2D eigenvalue weighted by molar-refractivity contribution is -0.0246. The molecule has 0 fully saturated rings. The van der Waals surface area contributed by atoms with Crippen molar-refractivity contribution in [3.63, 3.8) is 0 Å². The van der Waals surface area contributed by atoms with E-state index >= 15 is 0 Å². The monoisotopic (exact) mass is 314 g/mol. The van der Waals surface area contributed by atoms with Crippen molar-refractivity contribution in [2.24, 2.45) is 0 Å². The number of aliphatic hydroxyl groups excluding tert-OH is 1. The van der Waals surface area contributed by atoms with Crippen LogP contribution in [-0.4, -0.2) is 16.5 Å². The first-order valence-corrected chi connectivity index (χ1v) is 8.44. The van der Waals surface area contributed by atoms with E-state index in [1.54, 1.807) is 12.1 Å². The lowest BCUT2D eigenvalue weighted by atomic mass is 10.0. The number of benzene rings is 2. The first-order valence-electron chi connectivity index (χ1n) is 8.44. The molecular weight excluding hydrogens is 288 g/mol. The molecule has 0 aliphatic heterocycles. The maximum Gasteiger partial charge on any atom is 0.197 e. The van der Waals surface area contributed by atoms with Crippen LogP contribution in [0.5, 0.6) is 11.5 Å². The number of aliphatic hydroxyl groups is 1. The minimum atomic E-state index is -0.821. The predicted molar refractivity (Wildman–Crippen MR) is 93.6 cm³/mol. The van der Waals surface area contributed by atoms with E-state index in [0.717, 1.165) is 24.0 Å². The lowest BCUT2D eigenvalue weighted by Gasteiger charge is -2.14. The third-order valence-corrected chi connectivity index (χ3v) is 3.88. The summed E-state index contributed by atoms with van der Waals surface area (Å²) in [6, 6.07) is 14.8. The van der Waals surface area contributed by atoms with Crippen molar-refractivity contribution in [2.75, 3.05) is 0 Å². The van der Waals surface area contributed by atoms with Gasteiger partial charge in [-0.05, 0) is 24.1 Å². The van der Waals surface area contributed by atoms with Gasteiger partial charge in [0.15, 0.2) is 6.29 Å². The highest BCUT2D eigenvalue weighted by Gasteiger charge is 2.09. The highest BCUT2D eigenvalue weighted by molar-refractivity contribution is 5.70. The lowest BCUT2D eigenvalue weighted by Crippen LogP contribution is -2.15. The molecule has 2 N–H and O–H groups in total. The zero-order chi connectivity index (χ0) is 16.5. The smallest absolute Gasteiger partial charge is 0.197 e.